The molecule has 0 saturated carbocycles. The molecule has 97 heavy (non-hydrogen) atoms. The number of aliphatic hydroxyl groups excluding tert-OH is 1. The zero-order valence-electron chi connectivity index (χ0n) is 56.6. The van der Waals surface area contributed by atoms with Gasteiger partial charge in [-0.05, 0) is 96.1 Å². The second-order valence-electron chi connectivity index (χ2n) is 25.1. The maximum Gasteiger partial charge on any atom is 0.491 e. The quantitative estimate of drug-likeness (QED) is 0.0473. The predicted molar refractivity (Wildman–Crippen MR) is 319 cm³/mol. The van der Waals surface area contributed by atoms with Crippen LogP contribution < -0.4 is 17.0 Å². The van der Waals surface area contributed by atoms with E-state index in [-0.39, 0.29) is 49.7 Å². The van der Waals surface area contributed by atoms with Crippen LogP contribution >= 0.6 is 0 Å². The third-order valence-electron chi connectivity index (χ3n) is 12.2. The zero-order chi connectivity index (χ0) is 75.3. The van der Waals surface area contributed by atoms with Crippen molar-refractivity contribution in [3.8, 4) is 0 Å². The summed E-state index contributed by atoms with van der Waals surface area (Å²) >= 11 is 0. The summed E-state index contributed by atoms with van der Waals surface area (Å²) in [6.45, 7) is 32.3. The van der Waals surface area contributed by atoms with Crippen molar-refractivity contribution in [1.29, 1.82) is 0 Å². The average molecular weight is 1430 g/mol. The third kappa shape index (κ3) is 37.4. The number of Topliss-reactive ketones (excluding diaryl/α,β-unsaturated/α-hetero) is 3. The Morgan fingerprint density at radius 2 is 0.948 bits per heavy atom. The van der Waals surface area contributed by atoms with E-state index in [1.165, 1.54) is 10.6 Å². The summed E-state index contributed by atoms with van der Waals surface area (Å²) in [5.41, 5.74) is -1.54. The summed E-state index contributed by atoms with van der Waals surface area (Å²) in [6.07, 6.45) is -18.9. The van der Waals surface area contributed by atoms with Gasteiger partial charge in [0.2, 0.25) is 5.78 Å². The van der Waals surface area contributed by atoms with Crippen molar-refractivity contribution in [2.75, 3.05) is 105 Å². The van der Waals surface area contributed by atoms with E-state index in [2.05, 4.69) is 42.9 Å². The van der Waals surface area contributed by atoms with Gasteiger partial charge in [0.05, 0.1) is 33.0 Å². The first-order valence-electron chi connectivity index (χ1n) is 30.1. The Morgan fingerprint density at radius 3 is 1.32 bits per heavy atom. The first-order valence-corrected chi connectivity index (χ1v) is 30.1. The number of nitrogens with zero attached hydrogens (tertiary/aromatic N) is 6. The molecular formula is C58H92F12N10O17. The number of ether oxygens (including phenoxy) is 7. The second kappa shape index (κ2) is 40.1. The highest BCUT2D eigenvalue weighted by molar-refractivity contribution is 6.06. The highest BCUT2D eigenvalue weighted by Crippen LogP contribution is 2.35. The molecule has 39 heteroatoms. The maximum absolute atomic E-state index is 12.8. The minimum absolute atomic E-state index is 0.0228. The van der Waals surface area contributed by atoms with Crippen LogP contribution in [0.25, 0.3) is 0 Å². The Morgan fingerprint density at radius 1 is 0.557 bits per heavy atom. The lowest BCUT2D eigenvalue weighted by molar-refractivity contribution is -0.221. The van der Waals surface area contributed by atoms with Gasteiger partial charge in [0.15, 0.2) is 5.69 Å². The summed E-state index contributed by atoms with van der Waals surface area (Å²) in [4.78, 5) is 108. The Balaban J connectivity index is 0.00000115. The lowest BCUT2D eigenvalue weighted by atomic mass is 9.92. The molecule has 0 aliphatic carbocycles. The Kier molecular flexibility index (Phi) is 37.2. The van der Waals surface area contributed by atoms with Gasteiger partial charge in [0.1, 0.15) is 39.9 Å². The molecular weight excluding hydrogens is 1340 g/mol. The number of aliphatic hydroxyl groups is 1. The number of morpholine rings is 2. The normalized spacial score (nSPS) is 17.8. The van der Waals surface area contributed by atoms with Crippen LogP contribution in [0.4, 0.5) is 71.9 Å². The summed E-state index contributed by atoms with van der Waals surface area (Å²) in [6, 6.07) is 0. The third-order valence-corrected chi connectivity index (χ3v) is 12.2. The lowest BCUT2D eigenvalue weighted by Crippen LogP contribution is -2.50. The molecule has 4 saturated heterocycles. The molecule has 0 radical (unpaired) electrons. The number of nitrogens with two attached hydrogens (primary N) is 2. The number of nitrogens with one attached hydrogen (secondary N) is 2. The van der Waals surface area contributed by atoms with Gasteiger partial charge in [-0.1, -0.05) is 0 Å². The highest BCUT2D eigenvalue weighted by Gasteiger charge is 2.50. The number of halogens is 12. The first kappa shape index (κ1) is 89.9. The number of hydrogen-bond donors (Lipinski definition) is 5. The fourth-order valence-corrected chi connectivity index (χ4v) is 8.03. The summed E-state index contributed by atoms with van der Waals surface area (Å²) in [7, 11) is 0. The van der Waals surface area contributed by atoms with Crippen molar-refractivity contribution in [2.24, 2.45) is 17.6 Å². The van der Waals surface area contributed by atoms with Crippen molar-refractivity contribution < 1.29 is 134 Å². The van der Waals surface area contributed by atoms with Crippen LogP contribution in [0.1, 0.15) is 133 Å². The average Bonchev–Trinajstić information content (AvgIpc) is 1.74. The van der Waals surface area contributed by atoms with Gasteiger partial charge in [-0.3, -0.25) is 31.2 Å². The van der Waals surface area contributed by atoms with E-state index >= 15 is 0 Å². The van der Waals surface area contributed by atoms with Crippen LogP contribution in [0.5, 0.6) is 0 Å². The van der Waals surface area contributed by atoms with E-state index in [4.69, 9.17) is 33.5 Å². The number of hydrazine groups is 1. The Labute approximate surface area is 553 Å². The number of aromatic nitrogens is 2. The molecule has 0 bridgehead atoms. The molecule has 6 aliphatic rings. The molecule has 6 aliphatic heterocycles. The first-order chi connectivity index (χ1) is 44.3. The highest BCUT2D eigenvalue weighted by atomic mass is 19.4. The number of carbonyl (C=O) groups excluding carboxylic acids is 9. The lowest BCUT2D eigenvalue weighted by Gasteiger charge is -2.35. The summed E-state index contributed by atoms with van der Waals surface area (Å²) < 4.78 is 176. The molecule has 0 spiro atoms. The molecule has 7 rings (SSSR count). The van der Waals surface area contributed by atoms with E-state index < -0.39 is 101 Å². The molecule has 7 N–H and O–H groups in total. The van der Waals surface area contributed by atoms with Crippen molar-refractivity contribution in [2.45, 2.75) is 176 Å². The SMILES string of the molecule is C1COCCN1.CC(C)(C)OC(=O)N1CC=C(N2CCOCC2)CC1.CC(C)(C)OC(=O)N1CCC(=O)C(C(=O)C(F)(F)F)C1.CC(C)(C)OC(=O)N1CCC(=O)CC1.CC(C)(C)OC(=O)N1CCc2[nH]nc(C(F)(F)F)c2C1.CCO.NN.O=C(OC(=O)C(F)(F)F)C(F)(F)F. The molecule has 27 nitrogen and oxygen atoms in total. The number of alkyl halides is 12. The molecule has 1 atom stereocenters. The number of H-pyrrole nitrogens is 1. The van der Waals surface area contributed by atoms with E-state index in [9.17, 15) is 95.8 Å². The van der Waals surface area contributed by atoms with Crippen molar-refractivity contribution >= 4 is 53.7 Å². The topological polar surface area (TPSA) is 347 Å². The standard InChI is InChI=1S/C14H24N2O3.C12H16F3N3O2.C12H16F3NO4.C10H17NO3.C4F6O3.C4H9NO.C2H6O.H4N2/c1-14(2,3)19-13(17)16-6-4-12(5-7-16)15-8-10-18-11-9-15;1-11(2,3)20-10(19)18-5-4-8-7(6-18)9(17-16-8)12(13,14)15;1-11(2,3)20-10(19)16-5-4-8(17)7(6-16)9(18)12(13,14)15;1-10(2,3)14-9(13)11-6-4-8(12)5-7-11;5-3(6,7)1(11)13-2(12)4(8,9)10;1-3-6-4-2-5-1;1-2-3;1-2/h4H,5-11H2,1-3H3;4-6H2,1-3H3,(H,16,17);7H,4-6H2,1-3H3;4-7H2,1-3H3;;5H,1-4H2;3H,2H2,1H3;1-2H2. The molecule has 1 aromatic rings. The Hall–Kier alpha value is -7.10. The molecule has 4 fully saturated rings. The number of esters is 2. The molecule has 560 valence electrons. The monoisotopic (exact) mass is 1430 g/mol. The van der Waals surface area contributed by atoms with Crippen molar-refractivity contribution in [3.63, 3.8) is 0 Å². The molecule has 4 amide bonds. The van der Waals surface area contributed by atoms with Gasteiger partial charge in [-0.25, -0.2) is 28.8 Å². The number of fused-ring (bicyclic) bond motifs is 1. The van der Waals surface area contributed by atoms with Crippen LogP contribution in [0, 0.1) is 5.92 Å². The zero-order valence-corrected chi connectivity index (χ0v) is 56.6. The molecule has 0 aromatic carbocycles. The summed E-state index contributed by atoms with van der Waals surface area (Å²) in [5, 5.41) is 16.4. The van der Waals surface area contributed by atoms with Gasteiger partial charge >= 0.3 is 61.0 Å². The van der Waals surface area contributed by atoms with Gasteiger partial charge in [0, 0.05) is 128 Å². The summed E-state index contributed by atoms with van der Waals surface area (Å²) in [5.74, 6) is -2.94. The number of amides is 4. The number of aromatic amines is 1. The van der Waals surface area contributed by atoms with Crippen LogP contribution in [-0.2, 0) is 76.3 Å². The van der Waals surface area contributed by atoms with E-state index in [0.717, 1.165) is 70.5 Å². The fraction of sp³-hybridized carbons (Fsp3) is 0.759. The maximum atomic E-state index is 12.8. The number of rotatable bonds is 2. The number of piperidine rings is 2. The van der Waals surface area contributed by atoms with Gasteiger partial charge in [-0.2, -0.15) is 57.8 Å². The van der Waals surface area contributed by atoms with Gasteiger partial charge in [0.25, 0.3) is 0 Å². The fourth-order valence-electron chi connectivity index (χ4n) is 8.03. The molecule has 1 aromatic heterocycles. The second-order valence-corrected chi connectivity index (χ2v) is 25.1. The van der Waals surface area contributed by atoms with Gasteiger partial charge in [-0.15, -0.1) is 0 Å². The predicted octanol–water partition coefficient (Wildman–Crippen LogP) is 7.70. The van der Waals surface area contributed by atoms with E-state index in [0.29, 0.717) is 51.1 Å². The van der Waals surface area contributed by atoms with Crippen LogP contribution in [-0.4, -0.2) is 239 Å². The van der Waals surface area contributed by atoms with E-state index in [1.54, 1.807) is 58.3 Å². The van der Waals surface area contributed by atoms with Gasteiger partial charge < -0.3 is 68.1 Å². The van der Waals surface area contributed by atoms with Crippen LogP contribution in [0.15, 0.2) is 11.8 Å². The molecule has 1 unspecified atom stereocenters. The number of ketones is 3. The van der Waals surface area contributed by atoms with Crippen LogP contribution in [0.3, 0.4) is 0 Å². The van der Waals surface area contributed by atoms with E-state index in [1.807, 2.05) is 41.5 Å². The number of carbonyl (C=O) groups is 9. The molecule has 7 heterocycles. The Bertz CT molecular complexity index is 2660. The van der Waals surface area contributed by atoms with Crippen molar-refractivity contribution in [3.05, 3.63) is 28.7 Å². The van der Waals surface area contributed by atoms with Crippen molar-refractivity contribution in [1.82, 2.24) is 40.0 Å². The minimum Gasteiger partial charge on any atom is -0.444 e. The largest absolute Gasteiger partial charge is 0.491 e. The smallest absolute Gasteiger partial charge is 0.444 e. The van der Waals surface area contributed by atoms with Crippen LogP contribution in [0.2, 0.25) is 0 Å². The number of hydrogen-bond acceptors (Lipinski definition) is 22. The number of likely N-dealkylation sites (tertiary alicyclic amines) is 2. The minimum atomic E-state index is -5.62.